The van der Waals surface area contributed by atoms with Gasteiger partial charge in [-0.1, -0.05) is 40.9 Å². The Hall–Kier alpha value is -1.36. The standard InChI is InChI=1S/C17H16Cl3N3O4S2/c18-10-2-1-3-12(14(10)20)21-17(25)22-13-5-4-11(19)16(15(13)24)29(26,27)23-6-8-28-9-7-23/h1-5,24H,6-9H2,(H2,21,22,25). The predicted molar refractivity (Wildman–Crippen MR) is 118 cm³/mol. The van der Waals surface area contributed by atoms with Crippen molar-refractivity contribution in [1.82, 2.24) is 4.31 Å². The van der Waals surface area contributed by atoms with E-state index in [1.807, 2.05) is 0 Å². The molecule has 29 heavy (non-hydrogen) atoms. The molecule has 1 heterocycles. The largest absolute Gasteiger partial charge is 0.504 e. The molecule has 0 spiro atoms. The number of nitrogens with one attached hydrogen (secondary N) is 2. The van der Waals surface area contributed by atoms with E-state index in [0.717, 1.165) is 0 Å². The van der Waals surface area contributed by atoms with Gasteiger partial charge in [-0.15, -0.1) is 0 Å². The second-order valence-corrected chi connectivity index (χ2v) is 10.3. The number of thioether (sulfide) groups is 1. The van der Waals surface area contributed by atoms with Crippen LogP contribution in [-0.2, 0) is 10.0 Å². The molecule has 1 fully saturated rings. The van der Waals surface area contributed by atoms with Crippen molar-refractivity contribution in [3.63, 3.8) is 0 Å². The summed E-state index contributed by atoms with van der Waals surface area (Å²) in [6.45, 7) is 0.627. The fourth-order valence-electron chi connectivity index (χ4n) is 2.69. The number of nitrogens with zero attached hydrogens (tertiary/aromatic N) is 1. The lowest BCUT2D eigenvalue weighted by atomic mass is 10.3. The molecule has 0 aliphatic carbocycles. The van der Waals surface area contributed by atoms with Crippen LogP contribution in [-0.4, -0.2) is 48.5 Å². The van der Waals surface area contributed by atoms with Crippen molar-refractivity contribution < 1.29 is 18.3 Å². The van der Waals surface area contributed by atoms with Crippen LogP contribution >= 0.6 is 46.6 Å². The molecular weight excluding hydrogens is 481 g/mol. The molecule has 2 aromatic rings. The lowest BCUT2D eigenvalue weighted by molar-refractivity contribution is 0.262. The van der Waals surface area contributed by atoms with E-state index < -0.39 is 26.7 Å². The number of anilines is 2. The molecule has 2 amide bonds. The van der Waals surface area contributed by atoms with Gasteiger partial charge in [0.25, 0.3) is 0 Å². The smallest absolute Gasteiger partial charge is 0.323 e. The highest BCUT2D eigenvalue weighted by Gasteiger charge is 2.32. The number of phenolic OH excluding ortho intramolecular Hbond substituents is 1. The number of aromatic hydroxyl groups is 1. The van der Waals surface area contributed by atoms with Crippen LogP contribution < -0.4 is 10.6 Å². The summed E-state index contributed by atoms with van der Waals surface area (Å²) in [5.74, 6) is 0.666. The summed E-state index contributed by atoms with van der Waals surface area (Å²) in [4.78, 5) is 11.9. The van der Waals surface area contributed by atoms with Crippen LogP contribution in [0.3, 0.4) is 0 Å². The molecule has 0 unspecified atom stereocenters. The lowest BCUT2D eigenvalue weighted by Gasteiger charge is -2.26. The van der Waals surface area contributed by atoms with Crippen molar-refractivity contribution in [1.29, 1.82) is 0 Å². The Morgan fingerprint density at radius 3 is 2.34 bits per heavy atom. The molecule has 0 bridgehead atoms. The average molecular weight is 497 g/mol. The van der Waals surface area contributed by atoms with Crippen LogP contribution in [0.5, 0.6) is 5.75 Å². The molecule has 1 aliphatic heterocycles. The average Bonchev–Trinajstić information content (AvgIpc) is 2.68. The van der Waals surface area contributed by atoms with E-state index in [-0.39, 0.29) is 26.4 Å². The first-order chi connectivity index (χ1) is 13.7. The number of halogens is 3. The van der Waals surface area contributed by atoms with E-state index in [2.05, 4.69) is 10.6 Å². The van der Waals surface area contributed by atoms with E-state index in [9.17, 15) is 18.3 Å². The number of hydrogen-bond acceptors (Lipinski definition) is 5. The van der Waals surface area contributed by atoms with E-state index in [1.54, 1.807) is 30.0 Å². The highest BCUT2D eigenvalue weighted by atomic mass is 35.5. The van der Waals surface area contributed by atoms with Crippen molar-refractivity contribution in [3.8, 4) is 5.75 Å². The molecule has 0 saturated carbocycles. The van der Waals surface area contributed by atoms with Crippen LogP contribution in [0.2, 0.25) is 15.1 Å². The zero-order valence-corrected chi connectivity index (χ0v) is 18.7. The first kappa shape index (κ1) is 22.3. The van der Waals surface area contributed by atoms with Crippen molar-refractivity contribution in [2.45, 2.75) is 4.90 Å². The third kappa shape index (κ3) is 4.87. The van der Waals surface area contributed by atoms with Gasteiger partial charge in [-0.05, 0) is 24.3 Å². The van der Waals surface area contributed by atoms with Gasteiger partial charge in [0.15, 0.2) is 5.75 Å². The summed E-state index contributed by atoms with van der Waals surface area (Å²) in [6, 6.07) is 6.57. The van der Waals surface area contributed by atoms with Gasteiger partial charge in [0.05, 0.1) is 26.4 Å². The van der Waals surface area contributed by atoms with Gasteiger partial charge in [-0.2, -0.15) is 16.1 Å². The van der Waals surface area contributed by atoms with Crippen molar-refractivity contribution in [3.05, 3.63) is 45.4 Å². The second-order valence-electron chi connectivity index (χ2n) is 5.97. The Balaban J connectivity index is 1.87. The highest BCUT2D eigenvalue weighted by Crippen LogP contribution is 2.39. The summed E-state index contributed by atoms with van der Waals surface area (Å²) in [5, 5.41) is 15.7. The maximum absolute atomic E-state index is 13.0. The molecule has 3 rings (SSSR count). The number of rotatable bonds is 4. The van der Waals surface area contributed by atoms with Crippen LogP contribution in [0.1, 0.15) is 0 Å². The van der Waals surface area contributed by atoms with Crippen molar-refractivity contribution >= 4 is 74.0 Å². The first-order valence-corrected chi connectivity index (χ1v) is 12.1. The fourth-order valence-corrected chi connectivity index (χ4v) is 6.20. The Bertz CT molecular complexity index is 1040. The summed E-state index contributed by atoms with van der Waals surface area (Å²) >= 11 is 19.7. The van der Waals surface area contributed by atoms with Gasteiger partial charge in [0.2, 0.25) is 10.0 Å². The molecule has 0 atom stereocenters. The molecule has 156 valence electrons. The van der Waals surface area contributed by atoms with Crippen LogP contribution in [0.25, 0.3) is 0 Å². The molecule has 7 nitrogen and oxygen atoms in total. The van der Waals surface area contributed by atoms with Crippen LogP contribution in [0.15, 0.2) is 35.2 Å². The number of sulfonamides is 1. The second kappa shape index (κ2) is 9.20. The number of hydrogen-bond donors (Lipinski definition) is 3. The Labute approximate surface area is 187 Å². The lowest BCUT2D eigenvalue weighted by Crippen LogP contribution is -2.38. The van der Waals surface area contributed by atoms with Crippen molar-refractivity contribution in [2.24, 2.45) is 0 Å². The third-order valence-electron chi connectivity index (χ3n) is 4.10. The molecular formula is C17H16Cl3N3O4S2. The van der Waals surface area contributed by atoms with Gasteiger partial charge in [-0.3, -0.25) is 0 Å². The number of amides is 2. The summed E-state index contributed by atoms with van der Waals surface area (Å²) in [5.41, 5.74) is 0.138. The van der Waals surface area contributed by atoms with E-state index in [1.165, 1.54) is 16.4 Å². The summed E-state index contributed by atoms with van der Waals surface area (Å²) in [7, 11) is -4.03. The Kier molecular flexibility index (Phi) is 7.08. The Morgan fingerprint density at radius 1 is 1.00 bits per heavy atom. The SMILES string of the molecule is O=C(Nc1ccc(Cl)c(S(=O)(=O)N2CCSCC2)c1O)Nc1cccc(Cl)c1Cl. The number of benzene rings is 2. The fraction of sp³-hybridized carbons (Fsp3) is 0.235. The maximum Gasteiger partial charge on any atom is 0.323 e. The van der Waals surface area contributed by atoms with Gasteiger partial charge >= 0.3 is 6.03 Å². The number of phenols is 1. The van der Waals surface area contributed by atoms with Gasteiger partial charge in [0.1, 0.15) is 4.90 Å². The number of carbonyl (C=O) groups is 1. The maximum atomic E-state index is 13.0. The topological polar surface area (TPSA) is 98.7 Å². The molecule has 0 aromatic heterocycles. The zero-order valence-electron chi connectivity index (χ0n) is 14.8. The van der Waals surface area contributed by atoms with E-state index in [0.29, 0.717) is 24.6 Å². The van der Waals surface area contributed by atoms with Gasteiger partial charge in [0, 0.05) is 24.6 Å². The van der Waals surface area contributed by atoms with Crippen molar-refractivity contribution in [2.75, 3.05) is 35.2 Å². The van der Waals surface area contributed by atoms with Crippen LogP contribution in [0.4, 0.5) is 16.2 Å². The minimum atomic E-state index is -4.03. The number of carbonyl (C=O) groups excluding carboxylic acids is 1. The molecule has 3 N–H and O–H groups in total. The normalized spacial score (nSPS) is 15.1. The first-order valence-electron chi connectivity index (χ1n) is 8.33. The predicted octanol–water partition coefficient (Wildman–Crippen LogP) is 4.73. The summed E-state index contributed by atoms with van der Waals surface area (Å²) in [6.07, 6.45) is 0. The molecule has 1 saturated heterocycles. The molecule has 0 radical (unpaired) electrons. The van der Waals surface area contributed by atoms with E-state index in [4.69, 9.17) is 34.8 Å². The molecule has 12 heteroatoms. The molecule has 2 aromatic carbocycles. The van der Waals surface area contributed by atoms with Gasteiger partial charge < -0.3 is 15.7 Å². The molecule has 1 aliphatic rings. The van der Waals surface area contributed by atoms with E-state index >= 15 is 0 Å². The monoisotopic (exact) mass is 495 g/mol. The minimum Gasteiger partial charge on any atom is -0.504 e. The zero-order chi connectivity index (χ0) is 21.2. The summed E-state index contributed by atoms with van der Waals surface area (Å²) < 4.78 is 27.2. The highest BCUT2D eigenvalue weighted by molar-refractivity contribution is 7.99. The third-order valence-corrected chi connectivity index (χ3v) is 8.26. The Morgan fingerprint density at radius 2 is 1.66 bits per heavy atom. The number of urea groups is 1. The quantitative estimate of drug-likeness (QED) is 0.531. The van der Waals surface area contributed by atoms with Gasteiger partial charge in [-0.25, -0.2) is 13.2 Å². The minimum absolute atomic E-state index is 0.116. The van der Waals surface area contributed by atoms with Crippen LogP contribution in [0, 0.1) is 0 Å².